The molecule has 2 aromatic carbocycles. The van der Waals surface area contributed by atoms with Gasteiger partial charge in [0.2, 0.25) is 0 Å². The second-order valence-corrected chi connectivity index (χ2v) is 7.41. The molecule has 0 saturated heterocycles. The van der Waals surface area contributed by atoms with Crippen LogP contribution >= 0.6 is 0 Å². The van der Waals surface area contributed by atoms with E-state index in [-0.39, 0.29) is 16.9 Å². The summed E-state index contributed by atoms with van der Waals surface area (Å²) in [4.78, 5) is 31.4. The molecule has 5 rings (SSSR count). The molecule has 0 atom stereocenters. The average Bonchev–Trinajstić information content (AvgIpc) is 3.15. The van der Waals surface area contributed by atoms with E-state index in [1.807, 2.05) is 60.0 Å². The molecule has 9 heteroatoms. The lowest BCUT2D eigenvalue weighted by molar-refractivity contribution is 0.100. The molecule has 0 bridgehead atoms. The van der Waals surface area contributed by atoms with Gasteiger partial charge in [-0.1, -0.05) is 43.3 Å². The Labute approximate surface area is 189 Å². The van der Waals surface area contributed by atoms with E-state index in [9.17, 15) is 9.59 Å². The summed E-state index contributed by atoms with van der Waals surface area (Å²) in [7, 11) is 0. The Balaban J connectivity index is 0.000000172. The Bertz CT molecular complexity index is 1520. The van der Waals surface area contributed by atoms with Gasteiger partial charge < -0.3 is 11.5 Å². The Kier molecular flexibility index (Phi) is 5.86. The monoisotopic (exact) mass is 441 g/mol. The summed E-state index contributed by atoms with van der Waals surface area (Å²) in [6, 6.07) is 18.0. The number of aryl methyl sites for hydroxylation is 2. The van der Waals surface area contributed by atoms with Gasteiger partial charge in [0.15, 0.2) is 11.5 Å². The van der Waals surface area contributed by atoms with Crippen molar-refractivity contribution in [3.8, 4) is 5.69 Å². The van der Waals surface area contributed by atoms with Gasteiger partial charge in [-0.15, -0.1) is 5.10 Å². The molecule has 4 N–H and O–H groups in total. The molecule has 0 fully saturated rings. The fourth-order valence-corrected chi connectivity index (χ4v) is 3.77. The molecule has 0 unspecified atom stereocenters. The van der Waals surface area contributed by atoms with Crippen LogP contribution in [-0.4, -0.2) is 30.1 Å². The predicted octanol–water partition coefficient (Wildman–Crippen LogP) is 2.67. The Morgan fingerprint density at radius 1 is 1.09 bits per heavy atom. The van der Waals surface area contributed by atoms with Crippen LogP contribution < -0.4 is 17.0 Å². The maximum atomic E-state index is 12.9. The van der Waals surface area contributed by atoms with E-state index >= 15 is 0 Å². The number of fused-ring (bicyclic) bond motifs is 2. The number of para-hydroxylation sites is 1. The number of amides is 1. The van der Waals surface area contributed by atoms with E-state index in [1.165, 1.54) is 17.2 Å². The van der Waals surface area contributed by atoms with Gasteiger partial charge in [0.05, 0.1) is 5.39 Å². The van der Waals surface area contributed by atoms with E-state index in [4.69, 9.17) is 11.5 Å². The van der Waals surface area contributed by atoms with Crippen molar-refractivity contribution in [2.24, 2.45) is 5.73 Å². The number of anilines is 1. The number of hydrogen-bond donors (Lipinski definition) is 2. The quantitative estimate of drug-likeness (QED) is 0.442. The molecule has 0 saturated carbocycles. The van der Waals surface area contributed by atoms with Crippen molar-refractivity contribution in [1.29, 1.82) is 0 Å². The van der Waals surface area contributed by atoms with Gasteiger partial charge in [-0.2, -0.15) is 0 Å². The molecule has 0 aliphatic carbocycles. The van der Waals surface area contributed by atoms with Crippen molar-refractivity contribution in [2.45, 2.75) is 20.3 Å². The highest BCUT2D eigenvalue weighted by atomic mass is 16.1. The van der Waals surface area contributed by atoms with Crippen LogP contribution in [-0.2, 0) is 6.42 Å². The van der Waals surface area contributed by atoms with Crippen LogP contribution in [0, 0.1) is 6.92 Å². The zero-order valence-electron chi connectivity index (χ0n) is 18.3. The van der Waals surface area contributed by atoms with Crippen LogP contribution in [0.1, 0.15) is 28.5 Å². The zero-order valence-corrected chi connectivity index (χ0v) is 18.3. The van der Waals surface area contributed by atoms with Crippen LogP contribution in [0.4, 0.5) is 5.82 Å². The van der Waals surface area contributed by atoms with Crippen molar-refractivity contribution in [3.63, 3.8) is 0 Å². The van der Waals surface area contributed by atoms with Crippen LogP contribution in [0.2, 0.25) is 0 Å². The molecule has 1 amide bonds. The van der Waals surface area contributed by atoms with Gasteiger partial charge in [0, 0.05) is 11.4 Å². The van der Waals surface area contributed by atoms with Crippen molar-refractivity contribution in [2.75, 3.05) is 5.73 Å². The number of hydrogen-bond acceptors (Lipinski definition) is 6. The summed E-state index contributed by atoms with van der Waals surface area (Å²) < 4.78 is 3.13. The van der Waals surface area contributed by atoms with Crippen molar-refractivity contribution in [3.05, 3.63) is 94.4 Å². The highest BCUT2D eigenvalue weighted by Crippen LogP contribution is 2.19. The number of aromatic nitrogens is 5. The van der Waals surface area contributed by atoms with Gasteiger partial charge in [0.25, 0.3) is 11.5 Å². The molecule has 0 aliphatic rings. The zero-order chi connectivity index (χ0) is 23.5. The van der Waals surface area contributed by atoms with E-state index in [1.54, 1.807) is 0 Å². The van der Waals surface area contributed by atoms with E-state index in [0.717, 1.165) is 34.1 Å². The molecular weight excluding hydrogens is 418 g/mol. The van der Waals surface area contributed by atoms with Crippen molar-refractivity contribution in [1.82, 2.24) is 24.1 Å². The number of pyridine rings is 1. The lowest BCUT2D eigenvalue weighted by Gasteiger charge is -2.14. The molecule has 33 heavy (non-hydrogen) atoms. The lowest BCUT2D eigenvalue weighted by Crippen LogP contribution is -2.22. The van der Waals surface area contributed by atoms with E-state index < -0.39 is 5.91 Å². The minimum Gasteiger partial charge on any atom is -0.381 e. The number of nitrogens with two attached hydrogens (primary N) is 2. The van der Waals surface area contributed by atoms with Crippen LogP contribution in [0.5, 0.6) is 0 Å². The first-order valence-electron chi connectivity index (χ1n) is 10.4. The average molecular weight is 441 g/mol. The number of rotatable bonds is 3. The fourth-order valence-electron chi connectivity index (χ4n) is 3.77. The highest BCUT2D eigenvalue weighted by molar-refractivity contribution is 6.03. The molecule has 166 valence electrons. The molecule has 0 aliphatic heterocycles. The number of nitrogens with zero attached hydrogens (tertiary/aromatic N) is 5. The largest absolute Gasteiger partial charge is 0.381 e. The van der Waals surface area contributed by atoms with Crippen LogP contribution in [0.25, 0.3) is 22.1 Å². The molecule has 3 aromatic heterocycles. The van der Waals surface area contributed by atoms with Crippen LogP contribution in [0.3, 0.4) is 0 Å². The second kappa shape index (κ2) is 8.91. The maximum absolute atomic E-state index is 12.9. The van der Waals surface area contributed by atoms with Crippen molar-refractivity contribution < 1.29 is 4.79 Å². The summed E-state index contributed by atoms with van der Waals surface area (Å²) in [5.41, 5.74) is 14.1. The number of benzene rings is 2. The Morgan fingerprint density at radius 2 is 1.85 bits per heavy atom. The number of carbonyl (C=O) groups is 1. The Morgan fingerprint density at radius 3 is 2.55 bits per heavy atom. The van der Waals surface area contributed by atoms with Gasteiger partial charge in [-0.25, -0.2) is 14.5 Å². The van der Waals surface area contributed by atoms with Gasteiger partial charge in [0.1, 0.15) is 18.2 Å². The summed E-state index contributed by atoms with van der Waals surface area (Å²) >= 11 is 0. The third kappa shape index (κ3) is 4.03. The summed E-state index contributed by atoms with van der Waals surface area (Å²) in [5, 5.41) is 5.64. The fraction of sp³-hybridized carbons (Fsp3) is 0.125. The molecular formula is C24H23N7O2. The third-order valence-electron chi connectivity index (χ3n) is 5.29. The first kappa shape index (κ1) is 21.7. The van der Waals surface area contributed by atoms with Gasteiger partial charge in [-0.3, -0.25) is 14.2 Å². The lowest BCUT2D eigenvalue weighted by atomic mass is 10.1. The summed E-state index contributed by atoms with van der Waals surface area (Å²) in [6.45, 7) is 4.07. The molecule has 5 aromatic rings. The number of carbonyl (C=O) groups excluding carboxylic acids is 1. The maximum Gasteiger partial charge on any atom is 0.263 e. The summed E-state index contributed by atoms with van der Waals surface area (Å²) in [6.07, 6.45) is 3.52. The normalized spacial score (nSPS) is 10.7. The second-order valence-electron chi connectivity index (χ2n) is 7.41. The topological polar surface area (TPSA) is 134 Å². The van der Waals surface area contributed by atoms with Gasteiger partial charge >= 0.3 is 0 Å². The molecule has 0 radical (unpaired) electrons. The molecule has 3 heterocycles. The smallest absolute Gasteiger partial charge is 0.263 e. The molecule has 9 nitrogen and oxygen atoms in total. The standard InChI is InChI=1S/C18H17NO.C6H6N6O/c1-3-15-12-14-9-7-8-13(2)17(14)18(20)19(15)16-10-5-4-6-11-16;7-4-3(5(8)13)6-10-1-9-2-12(6)11-4/h4-12H,3H2,1-2H3;1-2H,(H2,7,11)(H2,8,13). The van der Waals surface area contributed by atoms with Crippen molar-refractivity contribution >= 4 is 28.1 Å². The van der Waals surface area contributed by atoms with E-state index in [0.29, 0.717) is 5.65 Å². The Hall–Kier alpha value is -4.53. The minimum absolute atomic E-state index is 0.0630. The highest BCUT2D eigenvalue weighted by Gasteiger charge is 2.15. The van der Waals surface area contributed by atoms with Gasteiger partial charge in [-0.05, 0) is 42.5 Å². The molecule has 0 spiro atoms. The number of nitrogen functional groups attached to an aromatic ring is 1. The van der Waals surface area contributed by atoms with Crippen LogP contribution in [0.15, 0.2) is 72.0 Å². The predicted molar refractivity (Wildman–Crippen MR) is 127 cm³/mol. The first-order chi connectivity index (χ1) is 15.9. The summed E-state index contributed by atoms with van der Waals surface area (Å²) in [5.74, 6) is -0.584. The SMILES string of the molecule is CCc1cc2cccc(C)c2c(=O)n1-c1ccccc1.NC(=O)c1c(N)nn2cncnc12. The van der Waals surface area contributed by atoms with E-state index in [2.05, 4.69) is 28.1 Å². The number of primary amides is 1. The minimum atomic E-state index is -0.647. The first-order valence-corrected chi connectivity index (χ1v) is 10.4. The third-order valence-corrected chi connectivity index (χ3v) is 5.29.